The fraction of sp³-hybridized carbons (Fsp3) is 0.273. The third-order valence-electron chi connectivity index (χ3n) is 2.54. The number of rotatable bonds is 2. The van der Waals surface area contributed by atoms with Crippen LogP contribution in [0.2, 0.25) is 0 Å². The zero-order chi connectivity index (χ0) is 11.5. The molecule has 1 aliphatic heterocycles. The molecule has 0 aromatic heterocycles. The summed E-state index contributed by atoms with van der Waals surface area (Å²) in [7, 11) is 0. The molecule has 1 aliphatic rings. The predicted octanol–water partition coefficient (Wildman–Crippen LogP) is 0.460. The Morgan fingerprint density at radius 2 is 2.06 bits per heavy atom. The molecule has 84 valence electrons. The molecule has 5 heteroatoms. The summed E-state index contributed by atoms with van der Waals surface area (Å²) in [5.41, 5.74) is 5.87. The van der Waals surface area contributed by atoms with E-state index in [1.807, 2.05) is 30.3 Å². The first kappa shape index (κ1) is 10.5. The molecule has 5 nitrogen and oxygen atoms in total. The molecule has 1 atom stereocenters. The van der Waals surface area contributed by atoms with Gasteiger partial charge in [0.2, 0.25) is 5.91 Å². The van der Waals surface area contributed by atoms with Crippen molar-refractivity contribution in [2.24, 2.45) is 5.73 Å². The fourth-order valence-corrected chi connectivity index (χ4v) is 1.86. The number of hydrogen-bond acceptors (Lipinski definition) is 2. The number of anilines is 1. The number of benzene rings is 1. The summed E-state index contributed by atoms with van der Waals surface area (Å²) in [5.74, 6) is 0.00458. The number of nitrogens with zero attached hydrogens (tertiary/aromatic N) is 1. The summed E-state index contributed by atoms with van der Waals surface area (Å²) in [6.07, 6.45) is 0.303. The van der Waals surface area contributed by atoms with Crippen LogP contribution in [0.1, 0.15) is 6.42 Å². The molecular formula is C11H13N3O2. The van der Waals surface area contributed by atoms with Gasteiger partial charge in [0.05, 0.1) is 6.04 Å². The molecule has 16 heavy (non-hydrogen) atoms. The van der Waals surface area contributed by atoms with Gasteiger partial charge in [-0.3, -0.25) is 4.79 Å². The molecule has 3 amide bonds. The maximum atomic E-state index is 11.7. The van der Waals surface area contributed by atoms with Gasteiger partial charge in [-0.05, 0) is 12.1 Å². The van der Waals surface area contributed by atoms with Gasteiger partial charge in [-0.15, -0.1) is 0 Å². The molecule has 0 saturated carbocycles. The molecule has 0 radical (unpaired) electrons. The smallest absolute Gasteiger partial charge is 0.312 e. The van der Waals surface area contributed by atoms with Crippen molar-refractivity contribution in [3.63, 3.8) is 0 Å². The van der Waals surface area contributed by atoms with Crippen molar-refractivity contribution < 1.29 is 9.59 Å². The third kappa shape index (κ3) is 2.13. The zero-order valence-corrected chi connectivity index (χ0v) is 8.72. The molecule has 1 aromatic carbocycles. The number of nitrogens with one attached hydrogen (secondary N) is 1. The number of carbonyl (C=O) groups is 2. The molecule has 0 aliphatic carbocycles. The van der Waals surface area contributed by atoms with E-state index in [0.29, 0.717) is 13.0 Å². The minimum Gasteiger partial charge on any atom is -0.352 e. The van der Waals surface area contributed by atoms with Crippen molar-refractivity contribution in [1.29, 1.82) is 0 Å². The molecule has 0 bridgehead atoms. The highest BCUT2D eigenvalue weighted by Crippen LogP contribution is 2.20. The number of nitrogens with two attached hydrogens (primary N) is 1. The summed E-state index contributed by atoms with van der Waals surface area (Å²) in [4.78, 5) is 24.0. The van der Waals surface area contributed by atoms with Gasteiger partial charge in [0, 0.05) is 18.7 Å². The Morgan fingerprint density at radius 1 is 1.38 bits per heavy atom. The number of hydrogen-bond donors (Lipinski definition) is 2. The largest absolute Gasteiger partial charge is 0.352 e. The molecule has 1 fully saturated rings. The highest BCUT2D eigenvalue weighted by molar-refractivity contribution is 5.96. The summed E-state index contributed by atoms with van der Waals surface area (Å²) in [6.45, 7) is 0.478. The van der Waals surface area contributed by atoms with E-state index in [9.17, 15) is 9.59 Å². The van der Waals surface area contributed by atoms with Crippen LogP contribution in [0.5, 0.6) is 0 Å². The Balaban J connectivity index is 2.08. The van der Waals surface area contributed by atoms with Crippen LogP contribution in [0.25, 0.3) is 0 Å². The Kier molecular flexibility index (Phi) is 2.76. The van der Waals surface area contributed by atoms with Crippen molar-refractivity contribution in [1.82, 2.24) is 5.32 Å². The number of urea groups is 1. The van der Waals surface area contributed by atoms with Crippen LogP contribution in [0.3, 0.4) is 0 Å². The van der Waals surface area contributed by atoms with E-state index in [0.717, 1.165) is 5.69 Å². The summed E-state index contributed by atoms with van der Waals surface area (Å²) >= 11 is 0. The molecule has 0 spiro atoms. The number of amides is 3. The van der Waals surface area contributed by atoms with Gasteiger partial charge in [0.1, 0.15) is 0 Å². The van der Waals surface area contributed by atoms with E-state index in [1.54, 1.807) is 4.90 Å². The summed E-state index contributed by atoms with van der Waals surface area (Å²) in [5, 5.41) is 2.55. The van der Waals surface area contributed by atoms with E-state index in [4.69, 9.17) is 5.73 Å². The van der Waals surface area contributed by atoms with Crippen molar-refractivity contribution in [3.8, 4) is 0 Å². The second-order valence-corrected chi connectivity index (χ2v) is 3.75. The lowest BCUT2D eigenvalue weighted by atomic mass is 10.3. The minimum atomic E-state index is -0.590. The van der Waals surface area contributed by atoms with Gasteiger partial charge in [-0.25, -0.2) is 4.79 Å². The lowest BCUT2D eigenvalue weighted by Gasteiger charge is -2.16. The van der Waals surface area contributed by atoms with E-state index in [1.165, 1.54) is 0 Å². The summed E-state index contributed by atoms with van der Waals surface area (Å²) in [6, 6.07) is 8.59. The fourth-order valence-electron chi connectivity index (χ4n) is 1.86. The lowest BCUT2D eigenvalue weighted by molar-refractivity contribution is -0.117. The van der Waals surface area contributed by atoms with Crippen molar-refractivity contribution in [2.45, 2.75) is 12.5 Å². The van der Waals surface area contributed by atoms with Gasteiger partial charge in [-0.2, -0.15) is 0 Å². The highest BCUT2D eigenvalue weighted by atomic mass is 16.2. The van der Waals surface area contributed by atoms with Crippen LogP contribution in [0.15, 0.2) is 30.3 Å². The van der Waals surface area contributed by atoms with Crippen LogP contribution >= 0.6 is 0 Å². The number of primary amides is 1. The Labute approximate surface area is 93.2 Å². The number of para-hydroxylation sites is 1. The van der Waals surface area contributed by atoms with Crippen molar-refractivity contribution in [2.75, 3.05) is 11.4 Å². The van der Waals surface area contributed by atoms with Crippen LogP contribution in [0.4, 0.5) is 10.5 Å². The van der Waals surface area contributed by atoms with E-state index >= 15 is 0 Å². The van der Waals surface area contributed by atoms with E-state index in [2.05, 4.69) is 5.32 Å². The first-order valence-corrected chi connectivity index (χ1v) is 5.08. The monoisotopic (exact) mass is 219 g/mol. The minimum absolute atomic E-state index is 0.00458. The van der Waals surface area contributed by atoms with Crippen LogP contribution in [-0.4, -0.2) is 24.5 Å². The highest BCUT2D eigenvalue weighted by Gasteiger charge is 2.30. The average molecular weight is 219 g/mol. The SMILES string of the molecule is NC(=O)N[C@H]1CC(=O)N(c2ccccc2)C1. The van der Waals surface area contributed by atoms with E-state index in [-0.39, 0.29) is 11.9 Å². The Bertz CT molecular complexity index is 405. The quantitative estimate of drug-likeness (QED) is 0.758. The maximum absolute atomic E-state index is 11.7. The van der Waals surface area contributed by atoms with Gasteiger partial charge < -0.3 is 16.0 Å². The average Bonchev–Trinajstić information content (AvgIpc) is 2.60. The van der Waals surface area contributed by atoms with Gasteiger partial charge in [0.15, 0.2) is 0 Å². The topological polar surface area (TPSA) is 75.4 Å². The first-order valence-electron chi connectivity index (χ1n) is 5.08. The molecule has 2 rings (SSSR count). The normalized spacial score (nSPS) is 19.9. The van der Waals surface area contributed by atoms with Crippen molar-refractivity contribution in [3.05, 3.63) is 30.3 Å². The molecular weight excluding hydrogens is 206 g/mol. The molecule has 1 saturated heterocycles. The second-order valence-electron chi connectivity index (χ2n) is 3.75. The standard InChI is InChI=1S/C11H13N3O2/c12-11(16)13-8-6-10(15)14(7-8)9-4-2-1-3-5-9/h1-5,8H,6-7H2,(H3,12,13,16)/t8-/m0/s1. The van der Waals surface area contributed by atoms with Crippen LogP contribution in [0, 0.1) is 0 Å². The second kappa shape index (κ2) is 4.22. The zero-order valence-electron chi connectivity index (χ0n) is 8.72. The predicted molar refractivity (Wildman–Crippen MR) is 59.9 cm³/mol. The maximum Gasteiger partial charge on any atom is 0.312 e. The van der Waals surface area contributed by atoms with Gasteiger partial charge in [0.25, 0.3) is 0 Å². The molecule has 1 heterocycles. The molecule has 3 N–H and O–H groups in total. The number of carbonyl (C=O) groups excluding carboxylic acids is 2. The summed E-state index contributed by atoms with van der Waals surface area (Å²) < 4.78 is 0. The van der Waals surface area contributed by atoms with Gasteiger partial charge >= 0.3 is 6.03 Å². The van der Waals surface area contributed by atoms with Crippen molar-refractivity contribution >= 4 is 17.6 Å². The van der Waals surface area contributed by atoms with Gasteiger partial charge in [-0.1, -0.05) is 18.2 Å². The Hall–Kier alpha value is -2.04. The van der Waals surface area contributed by atoms with E-state index < -0.39 is 6.03 Å². The molecule has 1 aromatic rings. The first-order chi connectivity index (χ1) is 7.66. The Morgan fingerprint density at radius 3 is 2.69 bits per heavy atom. The molecule has 0 unspecified atom stereocenters. The van der Waals surface area contributed by atoms with Crippen LogP contribution in [-0.2, 0) is 4.79 Å². The van der Waals surface area contributed by atoms with Crippen LogP contribution < -0.4 is 16.0 Å². The third-order valence-corrected chi connectivity index (χ3v) is 2.54. The lowest BCUT2D eigenvalue weighted by Crippen LogP contribution is -2.40.